The van der Waals surface area contributed by atoms with Crippen LogP contribution < -0.4 is 10.6 Å². The van der Waals surface area contributed by atoms with Crippen LogP contribution in [0.3, 0.4) is 0 Å². The molecule has 3 rings (SSSR count). The van der Waals surface area contributed by atoms with Crippen LogP contribution in [0.2, 0.25) is 5.02 Å². The summed E-state index contributed by atoms with van der Waals surface area (Å²) in [6.07, 6.45) is 2.09. The summed E-state index contributed by atoms with van der Waals surface area (Å²) in [7, 11) is 0. The molecule has 2 aliphatic rings. The van der Waals surface area contributed by atoms with Gasteiger partial charge in [0.1, 0.15) is 0 Å². The normalized spacial score (nSPS) is 25.9. The maximum Gasteiger partial charge on any atom is 0.239 e. The number of para-hydroxylation sites is 1. The molecule has 1 amide bonds. The van der Waals surface area contributed by atoms with Crippen LogP contribution in [0.15, 0.2) is 29.3 Å². The third-order valence-electron chi connectivity index (χ3n) is 3.61. The van der Waals surface area contributed by atoms with E-state index in [9.17, 15) is 4.79 Å². The van der Waals surface area contributed by atoms with Gasteiger partial charge < -0.3 is 10.6 Å². The van der Waals surface area contributed by atoms with Crippen molar-refractivity contribution in [3.63, 3.8) is 0 Å². The molecule has 0 radical (unpaired) electrons. The number of piperidine rings is 1. The highest BCUT2D eigenvalue weighted by atomic mass is 35.5. The van der Waals surface area contributed by atoms with Crippen molar-refractivity contribution in [1.29, 1.82) is 0 Å². The predicted molar refractivity (Wildman–Crippen MR) is 83.7 cm³/mol. The maximum atomic E-state index is 12.1. The Hall–Kier alpha value is -1.04. The number of rotatable bonds is 2. The van der Waals surface area contributed by atoms with E-state index in [1.807, 2.05) is 18.2 Å². The molecule has 1 unspecified atom stereocenters. The Bertz CT molecular complexity index is 543. The molecule has 2 N–H and O–H groups in total. The molecule has 1 atom stereocenters. The van der Waals surface area contributed by atoms with Gasteiger partial charge in [0.2, 0.25) is 5.91 Å². The molecule has 1 aromatic rings. The second-order valence-electron chi connectivity index (χ2n) is 4.98. The van der Waals surface area contributed by atoms with Gasteiger partial charge in [-0.2, -0.15) is 0 Å². The van der Waals surface area contributed by atoms with Crippen molar-refractivity contribution in [3.05, 3.63) is 29.3 Å². The SMILES string of the molecule is O=C1NC(=Nc2ccccc2Cl)SC1C1CCNCC1. The van der Waals surface area contributed by atoms with Crippen molar-refractivity contribution >= 4 is 40.1 Å². The van der Waals surface area contributed by atoms with Gasteiger partial charge in [0, 0.05) is 0 Å². The largest absolute Gasteiger partial charge is 0.317 e. The predicted octanol–water partition coefficient (Wildman–Crippen LogP) is 2.56. The lowest BCUT2D eigenvalue weighted by Gasteiger charge is -2.25. The van der Waals surface area contributed by atoms with Gasteiger partial charge in [-0.1, -0.05) is 35.5 Å². The van der Waals surface area contributed by atoms with Crippen LogP contribution >= 0.6 is 23.4 Å². The fourth-order valence-corrected chi connectivity index (χ4v) is 3.90. The molecule has 0 bridgehead atoms. The summed E-state index contributed by atoms with van der Waals surface area (Å²) >= 11 is 7.62. The minimum absolute atomic E-state index is 0.0154. The summed E-state index contributed by atoms with van der Waals surface area (Å²) in [6, 6.07) is 7.40. The third kappa shape index (κ3) is 3.00. The minimum Gasteiger partial charge on any atom is -0.317 e. The molecule has 2 fully saturated rings. The summed E-state index contributed by atoms with van der Waals surface area (Å²) in [5, 5.41) is 7.44. The fourth-order valence-electron chi connectivity index (χ4n) is 2.54. The van der Waals surface area contributed by atoms with Crippen LogP contribution in [0.1, 0.15) is 12.8 Å². The molecule has 2 aliphatic heterocycles. The van der Waals surface area contributed by atoms with E-state index in [4.69, 9.17) is 11.6 Å². The Labute approximate surface area is 127 Å². The quantitative estimate of drug-likeness (QED) is 0.883. The van der Waals surface area contributed by atoms with E-state index < -0.39 is 0 Å². The van der Waals surface area contributed by atoms with Crippen molar-refractivity contribution in [1.82, 2.24) is 10.6 Å². The van der Waals surface area contributed by atoms with Gasteiger partial charge in [0.15, 0.2) is 5.17 Å². The van der Waals surface area contributed by atoms with Crippen LogP contribution in [0.4, 0.5) is 5.69 Å². The number of hydrogen-bond acceptors (Lipinski definition) is 4. The summed E-state index contributed by atoms with van der Waals surface area (Å²) in [6.45, 7) is 1.98. The minimum atomic E-state index is -0.0154. The highest BCUT2D eigenvalue weighted by Gasteiger charge is 2.37. The van der Waals surface area contributed by atoms with E-state index >= 15 is 0 Å². The Balaban J connectivity index is 1.74. The number of hydrogen-bond donors (Lipinski definition) is 2. The molecular weight excluding hydrogens is 294 g/mol. The molecular formula is C14H16ClN3OS. The Morgan fingerprint density at radius 1 is 1.25 bits per heavy atom. The van der Waals surface area contributed by atoms with Gasteiger partial charge in [-0.3, -0.25) is 4.79 Å². The first-order valence-corrected chi connectivity index (χ1v) is 8.01. The van der Waals surface area contributed by atoms with E-state index in [1.165, 1.54) is 11.8 Å². The second kappa shape index (κ2) is 6.16. The van der Waals surface area contributed by atoms with Crippen LogP contribution in [0.25, 0.3) is 0 Å². The molecule has 4 nitrogen and oxygen atoms in total. The van der Waals surface area contributed by atoms with E-state index in [2.05, 4.69) is 15.6 Å². The lowest BCUT2D eigenvalue weighted by atomic mass is 9.94. The van der Waals surface area contributed by atoms with Gasteiger partial charge in [-0.25, -0.2) is 4.99 Å². The Morgan fingerprint density at radius 2 is 2.00 bits per heavy atom. The average Bonchev–Trinajstić information content (AvgIpc) is 2.83. The summed E-state index contributed by atoms with van der Waals surface area (Å²) in [5.41, 5.74) is 0.697. The molecule has 2 heterocycles. The van der Waals surface area contributed by atoms with Crippen LogP contribution in [-0.4, -0.2) is 29.4 Å². The molecule has 2 saturated heterocycles. The first kappa shape index (κ1) is 13.9. The molecule has 6 heteroatoms. The monoisotopic (exact) mass is 309 g/mol. The number of nitrogens with one attached hydrogen (secondary N) is 2. The zero-order valence-corrected chi connectivity index (χ0v) is 12.5. The summed E-state index contributed by atoms with van der Waals surface area (Å²) < 4.78 is 0. The number of halogens is 1. The number of nitrogens with zero attached hydrogens (tertiary/aromatic N) is 1. The fraction of sp³-hybridized carbons (Fsp3) is 0.429. The molecule has 0 aromatic heterocycles. The average molecular weight is 310 g/mol. The number of aliphatic imine (C=N–C) groups is 1. The molecule has 20 heavy (non-hydrogen) atoms. The smallest absolute Gasteiger partial charge is 0.239 e. The van der Waals surface area contributed by atoms with Gasteiger partial charge in [-0.15, -0.1) is 0 Å². The number of amidine groups is 1. The Morgan fingerprint density at radius 3 is 2.75 bits per heavy atom. The van der Waals surface area contributed by atoms with Gasteiger partial charge in [0.05, 0.1) is 16.0 Å². The van der Waals surface area contributed by atoms with Crippen molar-refractivity contribution in [2.75, 3.05) is 13.1 Å². The van der Waals surface area contributed by atoms with E-state index in [1.54, 1.807) is 6.07 Å². The van der Waals surface area contributed by atoms with Gasteiger partial charge in [-0.05, 0) is 44.0 Å². The topological polar surface area (TPSA) is 53.5 Å². The van der Waals surface area contributed by atoms with Crippen LogP contribution in [0, 0.1) is 5.92 Å². The van der Waals surface area contributed by atoms with Gasteiger partial charge >= 0.3 is 0 Å². The zero-order chi connectivity index (χ0) is 13.9. The second-order valence-corrected chi connectivity index (χ2v) is 6.52. The summed E-state index contributed by atoms with van der Waals surface area (Å²) in [5.74, 6) is 0.507. The molecule has 106 valence electrons. The molecule has 0 aliphatic carbocycles. The van der Waals surface area contributed by atoms with E-state index in [0.717, 1.165) is 25.9 Å². The summed E-state index contributed by atoms with van der Waals surface area (Å²) in [4.78, 5) is 16.5. The number of benzene rings is 1. The van der Waals surface area contributed by atoms with Crippen molar-refractivity contribution in [2.45, 2.75) is 18.1 Å². The number of carbonyl (C=O) groups excluding carboxylic acids is 1. The van der Waals surface area contributed by atoms with Crippen molar-refractivity contribution in [3.8, 4) is 0 Å². The first-order chi connectivity index (χ1) is 9.74. The lowest BCUT2D eigenvalue weighted by Crippen LogP contribution is -2.37. The standard InChI is InChI=1S/C14H16ClN3OS/c15-10-3-1-2-4-11(10)17-14-18-13(19)12(20-14)9-5-7-16-8-6-9/h1-4,9,12,16H,5-8H2,(H,17,18,19). The first-order valence-electron chi connectivity index (χ1n) is 6.75. The molecule has 0 spiro atoms. The highest BCUT2D eigenvalue weighted by Crippen LogP contribution is 2.33. The van der Waals surface area contributed by atoms with E-state index in [-0.39, 0.29) is 11.2 Å². The van der Waals surface area contributed by atoms with E-state index in [0.29, 0.717) is 21.8 Å². The van der Waals surface area contributed by atoms with Crippen molar-refractivity contribution < 1.29 is 4.79 Å². The zero-order valence-electron chi connectivity index (χ0n) is 10.9. The molecule has 0 saturated carbocycles. The Kier molecular flexibility index (Phi) is 4.29. The lowest BCUT2D eigenvalue weighted by molar-refractivity contribution is -0.119. The van der Waals surface area contributed by atoms with Gasteiger partial charge in [0.25, 0.3) is 0 Å². The third-order valence-corrected chi connectivity index (χ3v) is 5.20. The van der Waals surface area contributed by atoms with Crippen LogP contribution in [0.5, 0.6) is 0 Å². The maximum absolute atomic E-state index is 12.1. The highest BCUT2D eigenvalue weighted by molar-refractivity contribution is 8.15. The van der Waals surface area contributed by atoms with Crippen molar-refractivity contribution in [2.24, 2.45) is 10.9 Å². The number of carbonyl (C=O) groups is 1. The molecule has 1 aromatic carbocycles. The number of amides is 1. The number of thioether (sulfide) groups is 1. The van der Waals surface area contributed by atoms with Crippen LogP contribution in [-0.2, 0) is 4.79 Å².